The average molecular weight is 455 g/mol. The van der Waals surface area contributed by atoms with E-state index in [1.807, 2.05) is 23.6 Å². The van der Waals surface area contributed by atoms with Gasteiger partial charge in [0, 0.05) is 24.2 Å². The number of hydrogen-bond donors (Lipinski definition) is 1. The smallest absolute Gasteiger partial charge is 0.257 e. The van der Waals surface area contributed by atoms with Crippen LogP contribution in [0.25, 0.3) is 11.4 Å². The third kappa shape index (κ3) is 4.71. The highest BCUT2D eigenvalue weighted by Crippen LogP contribution is 2.24. The Morgan fingerprint density at radius 3 is 2.58 bits per heavy atom. The summed E-state index contributed by atoms with van der Waals surface area (Å²) < 4.78 is 31.9. The Morgan fingerprint density at radius 2 is 1.90 bits per heavy atom. The van der Waals surface area contributed by atoms with Gasteiger partial charge in [0.2, 0.25) is 10.0 Å². The van der Waals surface area contributed by atoms with Gasteiger partial charge in [-0.1, -0.05) is 6.07 Å². The third-order valence-electron chi connectivity index (χ3n) is 4.44. The first-order valence-electron chi connectivity index (χ1n) is 9.20. The second kappa shape index (κ2) is 8.80. The predicted octanol–water partition coefficient (Wildman–Crippen LogP) is 3.87. The van der Waals surface area contributed by atoms with E-state index in [4.69, 9.17) is 4.42 Å². The van der Waals surface area contributed by atoms with E-state index in [1.54, 1.807) is 18.3 Å². The number of sulfonamides is 1. The maximum atomic E-state index is 12.7. The number of rotatable bonds is 7. The van der Waals surface area contributed by atoms with E-state index in [-0.39, 0.29) is 17.3 Å². The van der Waals surface area contributed by atoms with Crippen LogP contribution < -0.4 is 5.32 Å². The molecule has 0 fully saturated rings. The lowest BCUT2D eigenvalue weighted by Gasteiger charge is -2.16. The molecule has 10 heteroatoms. The molecule has 0 saturated carbocycles. The van der Waals surface area contributed by atoms with E-state index in [9.17, 15) is 13.2 Å². The van der Waals surface area contributed by atoms with Crippen molar-refractivity contribution in [3.8, 4) is 11.4 Å². The molecule has 0 aliphatic heterocycles. The van der Waals surface area contributed by atoms with Crippen molar-refractivity contribution in [1.29, 1.82) is 0 Å². The molecule has 31 heavy (non-hydrogen) atoms. The lowest BCUT2D eigenvalue weighted by Crippen LogP contribution is -2.26. The standard InChI is InChI=1S/C21H18N4O4S2/c1-25(13-16-5-4-12-29-16)31(27,28)17-9-7-15(8-10-17)20(26)24-21-23-19(14-30-21)18-6-2-3-11-22-18/h2-12,14H,13H2,1H3,(H,23,24,26). The van der Waals surface area contributed by atoms with E-state index in [2.05, 4.69) is 15.3 Å². The fraction of sp³-hybridized carbons (Fsp3) is 0.0952. The Balaban J connectivity index is 1.44. The highest BCUT2D eigenvalue weighted by Gasteiger charge is 2.22. The van der Waals surface area contributed by atoms with Crippen LogP contribution in [-0.2, 0) is 16.6 Å². The van der Waals surface area contributed by atoms with Gasteiger partial charge in [-0.2, -0.15) is 4.31 Å². The number of amides is 1. The van der Waals surface area contributed by atoms with Gasteiger partial charge in [0.05, 0.1) is 23.4 Å². The van der Waals surface area contributed by atoms with Crippen molar-refractivity contribution < 1.29 is 17.6 Å². The van der Waals surface area contributed by atoms with Gasteiger partial charge in [0.15, 0.2) is 5.13 Å². The lowest BCUT2D eigenvalue weighted by atomic mass is 10.2. The van der Waals surface area contributed by atoms with Gasteiger partial charge in [0.25, 0.3) is 5.91 Å². The molecule has 0 unspecified atom stereocenters. The van der Waals surface area contributed by atoms with E-state index >= 15 is 0 Å². The number of benzene rings is 1. The molecule has 3 aromatic heterocycles. The molecule has 4 aromatic rings. The summed E-state index contributed by atoms with van der Waals surface area (Å²) in [5.41, 5.74) is 1.71. The van der Waals surface area contributed by atoms with Crippen molar-refractivity contribution in [1.82, 2.24) is 14.3 Å². The zero-order valence-corrected chi connectivity index (χ0v) is 18.1. The Kier molecular flexibility index (Phi) is 5.94. The van der Waals surface area contributed by atoms with Crippen LogP contribution in [0.3, 0.4) is 0 Å². The molecule has 0 radical (unpaired) electrons. The molecular weight excluding hydrogens is 436 g/mol. The van der Waals surface area contributed by atoms with Gasteiger partial charge in [-0.25, -0.2) is 13.4 Å². The number of nitrogens with zero attached hydrogens (tertiary/aromatic N) is 3. The maximum absolute atomic E-state index is 12.7. The fourth-order valence-corrected chi connectivity index (χ4v) is 4.63. The molecular formula is C21H18N4O4S2. The topological polar surface area (TPSA) is 105 Å². The zero-order valence-electron chi connectivity index (χ0n) is 16.4. The van der Waals surface area contributed by atoms with E-state index in [1.165, 1.54) is 53.2 Å². The number of thiazole rings is 1. The molecule has 1 N–H and O–H groups in total. The van der Waals surface area contributed by atoms with Gasteiger partial charge in [0.1, 0.15) is 11.5 Å². The Hall–Kier alpha value is -3.34. The number of carbonyl (C=O) groups is 1. The number of carbonyl (C=O) groups excluding carboxylic acids is 1. The van der Waals surface area contributed by atoms with Crippen molar-refractivity contribution >= 4 is 32.4 Å². The number of aromatic nitrogens is 2. The maximum Gasteiger partial charge on any atom is 0.257 e. The molecule has 3 heterocycles. The SMILES string of the molecule is CN(Cc1ccco1)S(=O)(=O)c1ccc(C(=O)Nc2nc(-c3ccccn3)cs2)cc1. The second-order valence-electron chi connectivity index (χ2n) is 6.57. The summed E-state index contributed by atoms with van der Waals surface area (Å²) in [7, 11) is -2.25. The number of furan rings is 1. The fourth-order valence-electron chi connectivity index (χ4n) is 2.80. The van der Waals surface area contributed by atoms with Crippen LogP contribution >= 0.6 is 11.3 Å². The third-order valence-corrected chi connectivity index (χ3v) is 7.01. The van der Waals surface area contributed by atoms with Gasteiger partial charge in [-0.15, -0.1) is 11.3 Å². The highest BCUT2D eigenvalue weighted by atomic mass is 32.2. The number of nitrogens with one attached hydrogen (secondary N) is 1. The van der Waals surface area contributed by atoms with Crippen molar-refractivity contribution in [3.63, 3.8) is 0 Å². The number of hydrogen-bond acceptors (Lipinski definition) is 7. The first kappa shape index (κ1) is 20.9. The summed E-state index contributed by atoms with van der Waals surface area (Å²) in [6.07, 6.45) is 3.17. The van der Waals surface area contributed by atoms with Gasteiger partial charge >= 0.3 is 0 Å². The first-order valence-corrected chi connectivity index (χ1v) is 11.5. The molecule has 0 aliphatic rings. The summed E-state index contributed by atoms with van der Waals surface area (Å²) in [5.74, 6) is 0.158. The Morgan fingerprint density at radius 1 is 1.10 bits per heavy atom. The van der Waals surface area contributed by atoms with Gasteiger partial charge in [-0.3, -0.25) is 15.1 Å². The summed E-state index contributed by atoms with van der Waals surface area (Å²) in [5, 5.41) is 4.97. The van der Waals surface area contributed by atoms with E-state index in [0.29, 0.717) is 27.8 Å². The molecule has 0 spiro atoms. The first-order chi connectivity index (χ1) is 14.9. The highest BCUT2D eigenvalue weighted by molar-refractivity contribution is 7.89. The predicted molar refractivity (Wildman–Crippen MR) is 117 cm³/mol. The molecule has 0 atom stereocenters. The molecule has 0 aliphatic carbocycles. The van der Waals surface area contributed by atoms with E-state index < -0.39 is 10.0 Å². The second-order valence-corrected chi connectivity index (χ2v) is 9.47. The molecule has 1 amide bonds. The van der Waals surface area contributed by atoms with Crippen LogP contribution in [-0.4, -0.2) is 35.6 Å². The van der Waals surface area contributed by atoms with Crippen molar-refractivity contribution in [2.45, 2.75) is 11.4 Å². The van der Waals surface area contributed by atoms with Crippen molar-refractivity contribution in [2.24, 2.45) is 0 Å². The molecule has 1 aromatic carbocycles. The minimum absolute atomic E-state index is 0.0878. The monoisotopic (exact) mass is 454 g/mol. The minimum Gasteiger partial charge on any atom is -0.468 e. The van der Waals surface area contributed by atoms with Crippen LogP contribution in [0.2, 0.25) is 0 Å². The molecule has 0 bridgehead atoms. The van der Waals surface area contributed by atoms with Gasteiger partial charge < -0.3 is 4.42 Å². The normalized spacial score (nSPS) is 11.5. The summed E-state index contributed by atoms with van der Waals surface area (Å²) in [6.45, 7) is 0.111. The van der Waals surface area contributed by atoms with E-state index in [0.717, 1.165) is 0 Å². The quantitative estimate of drug-likeness (QED) is 0.454. The summed E-state index contributed by atoms with van der Waals surface area (Å²) in [6, 6.07) is 14.7. The van der Waals surface area contributed by atoms with Gasteiger partial charge in [-0.05, 0) is 48.5 Å². The van der Waals surface area contributed by atoms with Crippen LogP contribution in [0.15, 0.2) is 81.8 Å². The molecule has 4 rings (SSSR count). The van der Waals surface area contributed by atoms with Crippen LogP contribution in [0.5, 0.6) is 0 Å². The largest absolute Gasteiger partial charge is 0.468 e. The Labute approximate surface area is 183 Å². The number of pyridine rings is 1. The number of anilines is 1. The van der Waals surface area contributed by atoms with Crippen molar-refractivity contribution in [3.05, 3.63) is 83.8 Å². The van der Waals surface area contributed by atoms with Crippen molar-refractivity contribution in [2.75, 3.05) is 12.4 Å². The summed E-state index contributed by atoms with van der Waals surface area (Å²) >= 11 is 1.29. The molecule has 158 valence electrons. The summed E-state index contributed by atoms with van der Waals surface area (Å²) in [4.78, 5) is 21.2. The van der Waals surface area contributed by atoms with Crippen LogP contribution in [0.1, 0.15) is 16.1 Å². The van der Waals surface area contributed by atoms with Crippen LogP contribution in [0.4, 0.5) is 5.13 Å². The minimum atomic E-state index is -3.72. The molecule has 8 nitrogen and oxygen atoms in total. The lowest BCUT2D eigenvalue weighted by molar-refractivity contribution is 0.102. The van der Waals surface area contributed by atoms with Crippen LogP contribution in [0, 0.1) is 0 Å². The molecule has 0 saturated heterocycles. The zero-order chi connectivity index (χ0) is 21.8. The Bertz CT molecular complexity index is 1270. The average Bonchev–Trinajstić information content (AvgIpc) is 3.46.